The van der Waals surface area contributed by atoms with Crippen LogP contribution in [0.4, 0.5) is 8.78 Å². The number of alkyl halides is 2. The number of hydrogen-bond acceptors (Lipinski definition) is 2. The van der Waals surface area contributed by atoms with Gasteiger partial charge in [-0.1, -0.05) is 0 Å². The Hall–Kier alpha value is -1.98. The lowest BCUT2D eigenvalue weighted by molar-refractivity contribution is -0.0389. The molecule has 1 amide bonds. The topological polar surface area (TPSA) is 60.9 Å². The SMILES string of the molecule is Cn1c(C2CCC(F)(F)CC2)nc2cc(C(N)=O)ccc21. The van der Waals surface area contributed by atoms with Gasteiger partial charge in [0.05, 0.1) is 11.0 Å². The fraction of sp³-hybridized carbons (Fsp3) is 0.467. The fourth-order valence-corrected chi connectivity index (χ4v) is 3.04. The van der Waals surface area contributed by atoms with E-state index >= 15 is 0 Å². The Morgan fingerprint density at radius 3 is 2.67 bits per heavy atom. The molecular formula is C15H17F2N3O. The van der Waals surface area contributed by atoms with Crippen molar-refractivity contribution in [3.63, 3.8) is 0 Å². The van der Waals surface area contributed by atoms with Crippen molar-refractivity contribution in [3.05, 3.63) is 29.6 Å². The highest BCUT2D eigenvalue weighted by Crippen LogP contribution is 2.41. The Kier molecular flexibility index (Phi) is 3.19. The number of primary amides is 1. The van der Waals surface area contributed by atoms with Gasteiger partial charge >= 0.3 is 0 Å². The number of halogens is 2. The lowest BCUT2D eigenvalue weighted by Crippen LogP contribution is -2.24. The van der Waals surface area contributed by atoms with Crippen LogP contribution in [0, 0.1) is 0 Å². The smallest absolute Gasteiger partial charge is 0.248 e. The van der Waals surface area contributed by atoms with Crippen LogP contribution in [0.15, 0.2) is 18.2 Å². The van der Waals surface area contributed by atoms with E-state index in [4.69, 9.17) is 5.73 Å². The number of imidazole rings is 1. The predicted molar refractivity (Wildman–Crippen MR) is 75.4 cm³/mol. The minimum atomic E-state index is -2.54. The highest BCUT2D eigenvalue weighted by Gasteiger charge is 2.36. The largest absolute Gasteiger partial charge is 0.366 e. The molecule has 2 aromatic rings. The van der Waals surface area contributed by atoms with Crippen molar-refractivity contribution in [1.29, 1.82) is 0 Å². The number of carbonyl (C=O) groups is 1. The van der Waals surface area contributed by atoms with Gasteiger partial charge in [-0.2, -0.15) is 0 Å². The lowest BCUT2D eigenvalue weighted by atomic mass is 9.86. The van der Waals surface area contributed by atoms with Crippen LogP contribution in [-0.4, -0.2) is 21.4 Å². The van der Waals surface area contributed by atoms with Gasteiger partial charge in [-0.3, -0.25) is 4.79 Å². The summed E-state index contributed by atoms with van der Waals surface area (Å²) in [7, 11) is 1.88. The maximum Gasteiger partial charge on any atom is 0.248 e. The maximum atomic E-state index is 13.3. The number of benzene rings is 1. The van der Waals surface area contributed by atoms with Crippen molar-refractivity contribution in [2.45, 2.75) is 37.5 Å². The van der Waals surface area contributed by atoms with E-state index in [1.54, 1.807) is 18.2 Å². The first kappa shape index (κ1) is 14.0. The van der Waals surface area contributed by atoms with E-state index in [1.165, 1.54) is 0 Å². The summed E-state index contributed by atoms with van der Waals surface area (Å²) in [6.07, 6.45) is 0.695. The summed E-state index contributed by atoms with van der Waals surface area (Å²) in [5, 5.41) is 0. The van der Waals surface area contributed by atoms with Gasteiger partial charge in [0.15, 0.2) is 0 Å². The minimum Gasteiger partial charge on any atom is -0.366 e. The third-order valence-electron chi connectivity index (χ3n) is 4.28. The highest BCUT2D eigenvalue weighted by atomic mass is 19.3. The summed E-state index contributed by atoms with van der Waals surface area (Å²) < 4.78 is 28.4. The van der Waals surface area contributed by atoms with Crippen molar-refractivity contribution >= 4 is 16.9 Å². The first-order chi connectivity index (χ1) is 9.87. The van der Waals surface area contributed by atoms with Crippen molar-refractivity contribution < 1.29 is 13.6 Å². The van der Waals surface area contributed by atoms with Crippen LogP contribution in [-0.2, 0) is 7.05 Å². The second-order valence-electron chi connectivity index (χ2n) is 5.73. The molecule has 0 bridgehead atoms. The summed E-state index contributed by atoms with van der Waals surface area (Å²) in [6.45, 7) is 0. The van der Waals surface area contributed by atoms with Gasteiger partial charge in [0.2, 0.25) is 11.8 Å². The molecule has 3 rings (SSSR count). The van der Waals surface area contributed by atoms with E-state index in [2.05, 4.69) is 4.98 Å². The molecule has 1 aliphatic rings. The van der Waals surface area contributed by atoms with E-state index in [0.29, 0.717) is 23.9 Å². The van der Waals surface area contributed by atoms with Gasteiger partial charge in [0, 0.05) is 31.4 Å². The molecule has 2 N–H and O–H groups in total. The average Bonchev–Trinajstić information content (AvgIpc) is 2.76. The molecular weight excluding hydrogens is 276 g/mol. The average molecular weight is 293 g/mol. The molecule has 112 valence electrons. The van der Waals surface area contributed by atoms with Gasteiger partial charge < -0.3 is 10.3 Å². The molecule has 1 aliphatic carbocycles. The summed E-state index contributed by atoms with van der Waals surface area (Å²) in [5.41, 5.74) is 7.23. The maximum absolute atomic E-state index is 13.3. The Bertz CT molecular complexity index is 698. The second-order valence-corrected chi connectivity index (χ2v) is 5.73. The van der Waals surface area contributed by atoms with Crippen LogP contribution in [0.25, 0.3) is 11.0 Å². The van der Waals surface area contributed by atoms with Crippen molar-refractivity contribution in [1.82, 2.24) is 9.55 Å². The zero-order valence-electron chi connectivity index (χ0n) is 11.8. The Labute approximate surface area is 120 Å². The number of aryl methyl sites for hydroxylation is 1. The molecule has 1 saturated carbocycles. The summed E-state index contributed by atoms with van der Waals surface area (Å²) in [4.78, 5) is 15.8. The first-order valence-electron chi connectivity index (χ1n) is 7.01. The van der Waals surface area contributed by atoms with Gasteiger partial charge in [-0.05, 0) is 31.0 Å². The molecule has 0 radical (unpaired) electrons. The Balaban J connectivity index is 1.96. The zero-order chi connectivity index (χ0) is 15.2. The van der Waals surface area contributed by atoms with Crippen LogP contribution in [0.3, 0.4) is 0 Å². The number of nitrogens with two attached hydrogens (primary N) is 1. The molecule has 1 fully saturated rings. The molecule has 0 unspecified atom stereocenters. The van der Waals surface area contributed by atoms with Crippen molar-refractivity contribution in [2.75, 3.05) is 0 Å². The number of amides is 1. The van der Waals surface area contributed by atoms with E-state index in [9.17, 15) is 13.6 Å². The molecule has 0 aliphatic heterocycles. The predicted octanol–water partition coefficient (Wildman–Crippen LogP) is 2.97. The number of aromatic nitrogens is 2. The summed E-state index contributed by atoms with van der Waals surface area (Å²) >= 11 is 0. The zero-order valence-corrected chi connectivity index (χ0v) is 11.8. The Morgan fingerprint density at radius 1 is 1.38 bits per heavy atom. The highest BCUT2D eigenvalue weighted by molar-refractivity contribution is 5.96. The molecule has 0 saturated heterocycles. The van der Waals surface area contributed by atoms with Crippen LogP contribution >= 0.6 is 0 Å². The van der Waals surface area contributed by atoms with Crippen molar-refractivity contribution in [3.8, 4) is 0 Å². The summed E-state index contributed by atoms with van der Waals surface area (Å²) in [5.74, 6) is -2.19. The van der Waals surface area contributed by atoms with Gasteiger partial charge in [-0.15, -0.1) is 0 Å². The molecule has 21 heavy (non-hydrogen) atoms. The minimum absolute atomic E-state index is 0.0408. The first-order valence-corrected chi connectivity index (χ1v) is 7.01. The van der Waals surface area contributed by atoms with E-state index in [0.717, 1.165) is 11.3 Å². The normalized spacial score (nSPS) is 19.0. The van der Waals surface area contributed by atoms with Crippen molar-refractivity contribution in [2.24, 2.45) is 12.8 Å². The third kappa shape index (κ3) is 2.50. The van der Waals surface area contributed by atoms with E-state index < -0.39 is 11.8 Å². The van der Waals surface area contributed by atoms with Crippen LogP contribution < -0.4 is 5.73 Å². The van der Waals surface area contributed by atoms with E-state index in [1.807, 2.05) is 11.6 Å². The molecule has 1 aromatic heterocycles. The molecule has 4 nitrogen and oxygen atoms in total. The molecule has 0 spiro atoms. The van der Waals surface area contributed by atoms with Gasteiger partial charge in [-0.25, -0.2) is 13.8 Å². The molecule has 1 aromatic carbocycles. The monoisotopic (exact) mass is 293 g/mol. The van der Waals surface area contributed by atoms with E-state index in [-0.39, 0.29) is 18.8 Å². The van der Waals surface area contributed by atoms with Gasteiger partial charge in [0.25, 0.3) is 0 Å². The summed E-state index contributed by atoms with van der Waals surface area (Å²) in [6, 6.07) is 5.10. The number of carbonyl (C=O) groups excluding carboxylic acids is 1. The molecule has 1 heterocycles. The molecule has 0 atom stereocenters. The van der Waals surface area contributed by atoms with Crippen LogP contribution in [0.1, 0.15) is 47.8 Å². The van der Waals surface area contributed by atoms with Crippen LogP contribution in [0.5, 0.6) is 0 Å². The quantitative estimate of drug-likeness (QED) is 0.925. The second kappa shape index (κ2) is 4.79. The molecule has 6 heteroatoms. The number of hydrogen-bond donors (Lipinski definition) is 1. The third-order valence-corrected chi connectivity index (χ3v) is 4.28. The Morgan fingerprint density at radius 2 is 2.05 bits per heavy atom. The van der Waals surface area contributed by atoms with Crippen LogP contribution in [0.2, 0.25) is 0 Å². The van der Waals surface area contributed by atoms with Gasteiger partial charge in [0.1, 0.15) is 5.82 Å². The number of nitrogens with zero attached hydrogens (tertiary/aromatic N) is 2. The lowest BCUT2D eigenvalue weighted by Gasteiger charge is -2.27. The number of fused-ring (bicyclic) bond motifs is 1. The standard InChI is InChI=1S/C15H17F2N3O/c1-20-12-3-2-10(13(18)21)8-11(12)19-14(20)9-4-6-15(16,17)7-5-9/h2-3,8-9H,4-7H2,1H3,(H2,18,21). The fourth-order valence-electron chi connectivity index (χ4n) is 3.04. The number of rotatable bonds is 2.